The minimum atomic E-state index is -1.07. The molecule has 39 heteroatoms. The molecule has 0 radical (unpaired) electrons. The van der Waals surface area contributed by atoms with Gasteiger partial charge in [-0.15, -0.1) is 15.0 Å². The first-order valence-corrected chi connectivity index (χ1v) is 39.9. The Hall–Kier alpha value is -12.1. The summed E-state index contributed by atoms with van der Waals surface area (Å²) in [6.45, 7) is 47.8. The smallest absolute Gasteiger partial charge is 0.437 e. The standard InChI is InChI=1S/C84H131N15O24/c1-51(91-67(100)115-76(4,5)6)85-39-45-109-58-35-31-34-55(61(58)112-49-43-89-65(96-72(105)120-81(19,20)21)97-73(106)121-82(22,23)24)56-37-38-57(63(62(56)113-48-41-87-53(3)93-69(102)117-78(10,11)12)114-50-44-90-66(98-74(107)122-83(25,26)27)99-75(108)123-84(28,29)30)54-33-32-36-59(60(54)111-47-40-86-52(2)92-68(101)116-77(7,8)9)110-46-42-88-64(94-70(103)118-79(13,14)15)95-71(104)119-80(16,17)18/h31-38H,39-50H2,1-30H3,(H,85,91,100)(H,86,92,101)(H,87,93,102)(H2,88,94,95,103,104)(H2,89,96,97,105,106)(H2,90,98,99,107,108). The third-order valence-corrected chi connectivity index (χ3v) is 13.4. The fraction of sp³-hybridized carbons (Fsp3) is 0.607. The highest BCUT2D eigenvalue weighted by Gasteiger charge is 2.30. The lowest BCUT2D eigenvalue weighted by Gasteiger charge is -2.24. The van der Waals surface area contributed by atoms with Crippen LogP contribution in [-0.4, -0.2) is 220 Å². The lowest BCUT2D eigenvalue weighted by molar-refractivity contribution is 0.0542. The van der Waals surface area contributed by atoms with E-state index >= 15 is 0 Å². The zero-order chi connectivity index (χ0) is 93.3. The van der Waals surface area contributed by atoms with Gasteiger partial charge in [0.25, 0.3) is 0 Å². The van der Waals surface area contributed by atoms with Gasteiger partial charge in [0.05, 0.1) is 39.3 Å². The van der Waals surface area contributed by atoms with Crippen LogP contribution in [0.5, 0.6) is 34.5 Å². The van der Waals surface area contributed by atoms with Gasteiger partial charge in [-0.3, -0.25) is 16.0 Å². The molecule has 9 amide bonds. The number of carbonyl (C=O) groups is 9. The number of hydrogen-bond acceptors (Lipinski definition) is 24. The first-order valence-electron chi connectivity index (χ1n) is 39.9. The molecule has 0 saturated heterocycles. The number of rotatable bonds is 26. The van der Waals surface area contributed by atoms with Crippen molar-refractivity contribution in [2.24, 2.45) is 30.0 Å². The van der Waals surface area contributed by atoms with E-state index in [9.17, 15) is 43.2 Å². The Morgan fingerprint density at radius 1 is 0.244 bits per heavy atom. The average molecular weight is 1740 g/mol. The summed E-state index contributed by atoms with van der Waals surface area (Å²) >= 11 is 0. The van der Waals surface area contributed by atoms with Gasteiger partial charge >= 0.3 is 54.8 Å². The molecule has 3 aromatic carbocycles. The molecule has 0 unspecified atom stereocenters. The van der Waals surface area contributed by atoms with Crippen LogP contribution in [0.15, 0.2) is 78.5 Å². The Labute approximate surface area is 721 Å². The number of carbonyl (C=O) groups excluding carboxylic acids is 9. The van der Waals surface area contributed by atoms with Gasteiger partial charge in [-0.05, 0) is 232 Å². The van der Waals surface area contributed by atoms with E-state index in [1.807, 2.05) is 0 Å². The van der Waals surface area contributed by atoms with Crippen molar-refractivity contribution in [3.8, 4) is 56.8 Å². The summed E-state index contributed by atoms with van der Waals surface area (Å²) in [6.07, 6.45) is -8.56. The number of amides is 9. The highest BCUT2D eigenvalue weighted by Crippen LogP contribution is 2.52. The number of ether oxygens (including phenoxy) is 15. The summed E-state index contributed by atoms with van der Waals surface area (Å²) in [4.78, 5) is 143. The fourth-order valence-electron chi connectivity index (χ4n) is 9.44. The Bertz CT molecular complexity index is 4280. The van der Waals surface area contributed by atoms with Crippen LogP contribution in [-0.2, 0) is 42.6 Å². The molecule has 0 aliphatic heterocycles. The topological polar surface area (TPSA) is 475 Å². The molecule has 0 aromatic heterocycles. The van der Waals surface area contributed by atoms with Gasteiger partial charge in [-0.2, -0.15) is 15.0 Å². The minimum Gasteiger partial charge on any atom is -0.488 e. The van der Waals surface area contributed by atoms with Crippen LogP contribution in [0.1, 0.15) is 208 Å². The van der Waals surface area contributed by atoms with E-state index < -0.39 is 111 Å². The SMILES string of the molecule is CC(=NC(=O)OC(C)(C)C)NCCOc1cccc(-c2ccc(-c3cccc(OCCNC(=NC(=O)OC(C)(C)C)NC(=O)OC(C)(C)C)c3OCCNC(C)=NC(=O)OC(C)(C)C)c(OCCNC(=NC(=O)OC(C)(C)C)NC(=O)OC(C)(C)C)c2OCCNC(C)=NC(=O)OC(C)(C)C)c1OCCNC(=NC(=O)OC(C)(C)C)NC(=O)OC(C)(C)C. The van der Waals surface area contributed by atoms with Crippen molar-refractivity contribution < 1.29 is 114 Å². The van der Waals surface area contributed by atoms with E-state index in [-0.39, 0.29) is 165 Å². The van der Waals surface area contributed by atoms with E-state index in [0.717, 1.165) is 0 Å². The molecule has 0 heterocycles. The highest BCUT2D eigenvalue weighted by atomic mass is 16.6. The molecular formula is C84H131N15O24. The van der Waals surface area contributed by atoms with Gasteiger partial charge < -0.3 is 103 Å². The maximum atomic E-state index is 13.5. The van der Waals surface area contributed by atoms with Crippen molar-refractivity contribution in [1.82, 2.24) is 47.9 Å². The molecule has 0 atom stereocenters. The number of alkyl carbamates (subject to hydrolysis) is 3. The molecule has 0 spiro atoms. The monoisotopic (exact) mass is 1730 g/mol. The molecule has 0 fully saturated rings. The second-order valence-electron chi connectivity index (χ2n) is 36.0. The summed E-state index contributed by atoms with van der Waals surface area (Å²) in [7, 11) is 0. The average Bonchev–Trinajstić information content (AvgIpc) is 0.761. The summed E-state index contributed by atoms with van der Waals surface area (Å²) in [5, 5.41) is 25.5. The van der Waals surface area contributed by atoms with E-state index in [4.69, 9.17) is 71.1 Å². The van der Waals surface area contributed by atoms with Gasteiger partial charge in [0.1, 0.15) is 108 Å². The van der Waals surface area contributed by atoms with Crippen LogP contribution in [0, 0.1) is 0 Å². The van der Waals surface area contributed by atoms with Crippen LogP contribution in [0.3, 0.4) is 0 Å². The van der Waals surface area contributed by atoms with Crippen LogP contribution in [0.25, 0.3) is 22.3 Å². The summed E-state index contributed by atoms with van der Waals surface area (Å²) in [5.74, 6) is -0.183. The quantitative estimate of drug-likeness (QED) is 0.0156. The van der Waals surface area contributed by atoms with E-state index in [1.54, 1.807) is 256 Å². The van der Waals surface area contributed by atoms with Crippen molar-refractivity contribution in [2.45, 2.75) is 258 Å². The van der Waals surface area contributed by atoms with Crippen LogP contribution in [0.4, 0.5) is 43.2 Å². The zero-order valence-corrected chi connectivity index (χ0v) is 77.1. The summed E-state index contributed by atoms with van der Waals surface area (Å²) < 4.78 is 89.9. The maximum Gasteiger partial charge on any atom is 0.437 e. The number of aliphatic imine (C=N–C) groups is 6. The molecule has 123 heavy (non-hydrogen) atoms. The third kappa shape index (κ3) is 47.6. The number of hydrogen-bond donors (Lipinski definition) is 9. The van der Waals surface area contributed by atoms with Crippen molar-refractivity contribution >= 4 is 90.2 Å². The Morgan fingerprint density at radius 3 is 0.667 bits per heavy atom. The van der Waals surface area contributed by atoms with Gasteiger partial charge in [0.15, 0.2) is 34.5 Å². The summed E-state index contributed by atoms with van der Waals surface area (Å²) in [6, 6.07) is 13.3. The summed E-state index contributed by atoms with van der Waals surface area (Å²) in [5.41, 5.74) is -7.38. The van der Waals surface area contributed by atoms with E-state index in [2.05, 4.69) is 77.8 Å². The lowest BCUT2D eigenvalue weighted by Crippen LogP contribution is -2.45. The molecule has 0 aliphatic carbocycles. The molecule has 3 rings (SSSR count). The number of nitrogens with zero attached hydrogens (tertiary/aromatic N) is 6. The second-order valence-corrected chi connectivity index (χ2v) is 36.0. The molecule has 0 bridgehead atoms. The van der Waals surface area contributed by atoms with E-state index in [0.29, 0.717) is 0 Å². The zero-order valence-electron chi connectivity index (χ0n) is 77.1. The van der Waals surface area contributed by atoms with Crippen LogP contribution >= 0.6 is 0 Å². The van der Waals surface area contributed by atoms with Crippen LogP contribution in [0.2, 0.25) is 0 Å². The Kier molecular flexibility index (Phi) is 40.0. The predicted molar refractivity (Wildman–Crippen MR) is 465 cm³/mol. The normalized spacial score (nSPS) is 13.0. The molecular weight excluding hydrogens is 1600 g/mol. The Morgan fingerprint density at radius 2 is 0.439 bits per heavy atom. The molecule has 686 valence electrons. The number of guanidine groups is 3. The number of benzene rings is 3. The first-order chi connectivity index (χ1) is 56.5. The molecule has 0 saturated carbocycles. The van der Waals surface area contributed by atoms with Gasteiger partial charge in [-0.25, -0.2) is 43.2 Å². The molecule has 9 N–H and O–H groups in total. The maximum absolute atomic E-state index is 13.5. The molecule has 39 nitrogen and oxygen atoms in total. The number of nitrogens with one attached hydrogen (secondary N) is 9. The fourth-order valence-corrected chi connectivity index (χ4v) is 9.44. The minimum absolute atomic E-state index is 0.0129. The second kappa shape index (κ2) is 46.8. The molecule has 0 aliphatic rings. The van der Waals surface area contributed by atoms with Crippen molar-refractivity contribution in [3.05, 3.63) is 48.5 Å². The number of amidine groups is 3. The van der Waals surface area contributed by atoms with Gasteiger partial charge in [0, 0.05) is 22.3 Å². The van der Waals surface area contributed by atoms with E-state index in [1.165, 1.54) is 0 Å². The van der Waals surface area contributed by atoms with Gasteiger partial charge in [0.2, 0.25) is 17.9 Å². The Balaban J connectivity index is 2.68. The molecule has 3 aromatic rings. The van der Waals surface area contributed by atoms with Gasteiger partial charge in [-0.1, -0.05) is 24.3 Å². The third-order valence-electron chi connectivity index (χ3n) is 13.4. The lowest BCUT2D eigenvalue weighted by atomic mass is 9.96. The largest absolute Gasteiger partial charge is 0.488 e. The van der Waals surface area contributed by atoms with Crippen molar-refractivity contribution in [3.63, 3.8) is 0 Å². The highest BCUT2D eigenvalue weighted by molar-refractivity contribution is 6.01. The first kappa shape index (κ1) is 105. The van der Waals surface area contributed by atoms with Crippen LogP contribution < -0.4 is 76.3 Å². The van der Waals surface area contributed by atoms with Crippen molar-refractivity contribution in [2.75, 3.05) is 78.9 Å². The predicted octanol–water partition coefficient (Wildman–Crippen LogP) is 14.3. The van der Waals surface area contributed by atoms with Crippen molar-refractivity contribution in [1.29, 1.82) is 0 Å². The number of para-hydroxylation sites is 2.